The minimum Gasteiger partial charge on any atom is -0.424 e. The maximum atomic E-state index is 7.91. The number of thiophene rings is 1. The Labute approximate surface area is 113 Å². The molecule has 0 saturated carbocycles. The minimum atomic E-state index is 0.145. The summed E-state index contributed by atoms with van der Waals surface area (Å²) in [5, 5.41) is 8.88. The van der Waals surface area contributed by atoms with Crippen LogP contribution in [0.25, 0.3) is 20.4 Å². The molecule has 0 saturated heterocycles. The summed E-state index contributed by atoms with van der Waals surface area (Å²) < 4.78 is 11.2. The van der Waals surface area contributed by atoms with E-state index < -0.39 is 0 Å². The van der Waals surface area contributed by atoms with Gasteiger partial charge in [0.15, 0.2) is 5.89 Å². The van der Waals surface area contributed by atoms with Crippen LogP contribution in [0.1, 0.15) is 17.1 Å². The van der Waals surface area contributed by atoms with E-state index in [1.54, 1.807) is 14.0 Å². The summed E-state index contributed by atoms with van der Waals surface area (Å²) in [7, 11) is 1.67. The zero-order chi connectivity index (χ0) is 13.6. The first-order valence-corrected chi connectivity index (χ1v) is 6.66. The van der Waals surface area contributed by atoms with Crippen molar-refractivity contribution in [3.05, 3.63) is 28.8 Å². The Morgan fingerprint density at radius 2 is 2.16 bits per heavy atom. The number of pyridine rings is 1. The summed E-state index contributed by atoms with van der Waals surface area (Å²) in [5.41, 5.74) is 2.92. The van der Waals surface area contributed by atoms with Gasteiger partial charge in [0, 0.05) is 25.1 Å². The first-order valence-electron chi connectivity index (χ1n) is 5.84. The molecule has 19 heavy (non-hydrogen) atoms. The van der Waals surface area contributed by atoms with Gasteiger partial charge in [-0.1, -0.05) is 0 Å². The molecule has 6 heteroatoms. The second-order valence-electron chi connectivity index (χ2n) is 4.38. The van der Waals surface area contributed by atoms with Crippen LogP contribution in [0.15, 0.2) is 10.5 Å². The normalized spacial score (nSPS) is 11.5. The van der Waals surface area contributed by atoms with Gasteiger partial charge in [-0.15, -0.1) is 11.3 Å². The Balaban J connectivity index is 2.52. The molecule has 3 rings (SSSR count). The van der Waals surface area contributed by atoms with Crippen molar-refractivity contribution >= 4 is 31.8 Å². The zero-order valence-corrected chi connectivity index (χ0v) is 11.7. The van der Waals surface area contributed by atoms with Crippen LogP contribution in [0, 0.1) is 19.3 Å². The van der Waals surface area contributed by atoms with E-state index in [2.05, 4.69) is 9.97 Å². The highest BCUT2D eigenvalue weighted by atomic mass is 32.1. The average Bonchev–Trinajstić information content (AvgIpc) is 2.68. The van der Waals surface area contributed by atoms with E-state index in [0.29, 0.717) is 12.5 Å². The topological polar surface area (TPSA) is 72.0 Å². The Hall–Kier alpha value is -1.79. The number of nitrogens with zero attached hydrogens (tertiary/aromatic N) is 2. The minimum absolute atomic E-state index is 0.145. The zero-order valence-electron chi connectivity index (χ0n) is 10.9. The van der Waals surface area contributed by atoms with E-state index in [1.807, 2.05) is 13.0 Å². The summed E-state index contributed by atoms with van der Waals surface area (Å²) in [5.74, 6) is 0.487. The largest absolute Gasteiger partial charge is 0.424 e. The molecule has 98 valence electrons. The summed E-state index contributed by atoms with van der Waals surface area (Å²) in [6.45, 7) is 4.21. The van der Waals surface area contributed by atoms with E-state index in [1.165, 1.54) is 11.3 Å². The number of rotatable bonds is 2. The highest BCUT2D eigenvalue weighted by molar-refractivity contribution is 7.25. The van der Waals surface area contributed by atoms with Crippen LogP contribution in [0.2, 0.25) is 0 Å². The van der Waals surface area contributed by atoms with Crippen molar-refractivity contribution in [1.82, 2.24) is 9.97 Å². The van der Waals surface area contributed by atoms with Gasteiger partial charge in [-0.3, -0.25) is 5.41 Å². The first kappa shape index (κ1) is 12.3. The fraction of sp³-hybridized carbons (Fsp3) is 0.308. The van der Waals surface area contributed by atoms with Crippen molar-refractivity contribution in [3.8, 4) is 0 Å². The lowest BCUT2D eigenvalue weighted by atomic mass is 10.1. The van der Waals surface area contributed by atoms with E-state index in [4.69, 9.17) is 14.6 Å². The van der Waals surface area contributed by atoms with Gasteiger partial charge in [-0.05, 0) is 18.6 Å². The second kappa shape index (κ2) is 4.40. The molecule has 0 atom stereocenters. The third-order valence-corrected chi connectivity index (χ3v) is 3.94. The Bertz CT molecular complexity index is 835. The third kappa shape index (κ3) is 1.93. The second-order valence-corrected chi connectivity index (χ2v) is 5.38. The van der Waals surface area contributed by atoms with Gasteiger partial charge in [-0.2, -0.15) is 0 Å². The molecule has 0 amide bonds. The summed E-state index contributed by atoms with van der Waals surface area (Å²) >= 11 is 1.44. The molecular weight excluding hydrogens is 262 g/mol. The van der Waals surface area contributed by atoms with Crippen LogP contribution in [0.3, 0.4) is 0 Å². The third-order valence-electron chi connectivity index (χ3n) is 2.87. The number of fused-ring (bicyclic) bond motifs is 3. The van der Waals surface area contributed by atoms with Crippen molar-refractivity contribution in [2.45, 2.75) is 20.5 Å². The maximum Gasteiger partial charge on any atom is 0.233 e. The quantitative estimate of drug-likeness (QED) is 0.780. The number of nitrogens with one attached hydrogen (secondary N) is 1. The lowest BCUT2D eigenvalue weighted by Crippen LogP contribution is -2.00. The molecule has 0 aliphatic carbocycles. The van der Waals surface area contributed by atoms with Crippen molar-refractivity contribution in [2.75, 3.05) is 7.11 Å². The summed E-state index contributed by atoms with van der Waals surface area (Å²) in [6.07, 6.45) is 0. The average molecular weight is 275 g/mol. The molecule has 0 aromatic carbocycles. The van der Waals surface area contributed by atoms with Crippen molar-refractivity contribution < 1.29 is 9.15 Å². The van der Waals surface area contributed by atoms with Gasteiger partial charge >= 0.3 is 0 Å². The summed E-state index contributed by atoms with van der Waals surface area (Å²) in [4.78, 5) is 9.83. The van der Waals surface area contributed by atoms with E-state index >= 15 is 0 Å². The van der Waals surface area contributed by atoms with Crippen molar-refractivity contribution in [1.29, 1.82) is 5.41 Å². The van der Waals surface area contributed by atoms with Crippen LogP contribution in [-0.4, -0.2) is 17.1 Å². The van der Waals surface area contributed by atoms with Crippen LogP contribution >= 0.6 is 11.3 Å². The molecule has 3 aromatic rings. The molecule has 0 radical (unpaired) electrons. The highest BCUT2D eigenvalue weighted by Gasteiger charge is 2.15. The first-order chi connectivity index (χ1) is 9.10. The van der Waals surface area contributed by atoms with Gasteiger partial charge in [0.1, 0.15) is 15.0 Å². The van der Waals surface area contributed by atoms with Gasteiger partial charge in [0.05, 0.1) is 6.61 Å². The smallest absolute Gasteiger partial charge is 0.233 e. The van der Waals surface area contributed by atoms with Crippen LogP contribution < -0.4 is 5.55 Å². The fourth-order valence-corrected chi connectivity index (χ4v) is 3.29. The van der Waals surface area contributed by atoms with Crippen LogP contribution in [0.4, 0.5) is 0 Å². The standard InChI is InChI=1S/C13H13N3O2S/c1-6-4-8(5-17-3)9-10-11(19-13(9)15-6)12(14)18-7(2)16-10/h4,14H,5H2,1-3H3. The Morgan fingerprint density at radius 1 is 1.37 bits per heavy atom. The molecule has 5 nitrogen and oxygen atoms in total. The molecule has 0 aliphatic rings. The lowest BCUT2D eigenvalue weighted by molar-refractivity contribution is 0.186. The van der Waals surface area contributed by atoms with Gasteiger partial charge in [0.2, 0.25) is 5.55 Å². The van der Waals surface area contributed by atoms with Crippen LogP contribution in [-0.2, 0) is 11.3 Å². The number of methoxy groups -OCH3 is 1. The molecule has 0 bridgehead atoms. The predicted molar refractivity (Wildman–Crippen MR) is 73.2 cm³/mol. The maximum absolute atomic E-state index is 7.91. The molecule has 3 heterocycles. The lowest BCUT2D eigenvalue weighted by Gasteiger charge is -2.03. The number of hydrogen-bond acceptors (Lipinski definition) is 6. The molecule has 0 aliphatic heterocycles. The van der Waals surface area contributed by atoms with Crippen molar-refractivity contribution in [2.24, 2.45) is 0 Å². The number of hydrogen-bond donors (Lipinski definition) is 1. The monoisotopic (exact) mass is 275 g/mol. The number of aryl methyl sites for hydroxylation is 2. The SMILES string of the molecule is COCc1cc(C)nc2sc3c(=N)oc(C)nc3c12. The number of aromatic nitrogens is 2. The Kier molecular flexibility index (Phi) is 2.83. The molecule has 3 aromatic heterocycles. The van der Waals surface area contributed by atoms with Gasteiger partial charge < -0.3 is 9.15 Å². The van der Waals surface area contributed by atoms with Crippen LogP contribution in [0.5, 0.6) is 0 Å². The number of ether oxygens (including phenoxy) is 1. The fourth-order valence-electron chi connectivity index (χ4n) is 2.20. The molecule has 0 unspecified atom stereocenters. The van der Waals surface area contributed by atoms with E-state index in [0.717, 1.165) is 31.7 Å². The van der Waals surface area contributed by atoms with E-state index in [-0.39, 0.29) is 5.55 Å². The molecule has 0 spiro atoms. The summed E-state index contributed by atoms with van der Waals surface area (Å²) in [6, 6.07) is 2.00. The Morgan fingerprint density at radius 3 is 2.89 bits per heavy atom. The van der Waals surface area contributed by atoms with Crippen molar-refractivity contribution in [3.63, 3.8) is 0 Å². The van der Waals surface area contributed by atoms with E-state index in [9.17, 15) is 0 Å². The van der Waals surface area contributed by atoms with Gasteiger partial charge in [-0.25, -0.2) is 9.97 Å². The molecule has 1 N–H and O–H groups in total. The predicted octanol–water partition coefficient (Wildman–Crippen LogP) is 2.68. The molecular formula is C13H13N3O2S. The molecule has 0 fully saturated rings. The highest BCUT2D eigenvalue weighted by Crippen LogP contribution is 2.32. The van der Waals surface area contributed by atoms with Gasteiger partial charge in [0.25, 0.3) is 0 Å².